The van der Waals surface area contributed by atoms with Crippen LogP contribution in [0, 0.1) is 17.0 Å². The molecule has 0 aromatic heterocycles. The molecule has 0 radical (unpaired) electrons. The number of hydrogen-bond acceptors (Lipinski definition) is 8. The number of ether oxygens (including phenoxy) is 1. The number of amides is 2. The summed E-state index contributed by atoms with van der Waals surface area (Å²) in [4.78, 5) is 48.0. The molecule has 0 saturated carbocycles. The maximum Gasteiger partial charge on any atom is 0.321 e. The number of rotatable bonds is 7. The standard InChI is InChI=1S/C19H17N3O8S/c1-12-3-6-14(7-4-12)31(28,29)20(10-17(23)30-2)11-21-18(24)15-8-5-13(22(26)27)9-16(15)19(21)25/h3-9H,10-11H2,1-2H3. The summed E-state index contributed by atoms with van der Waals surface area (Å²) in [6.07, 6.45) is 0. The summed E-state index contributed by atoms with van der Waals surface area (Å²) in [5.41, 5.74) is 0.104. The van der Waals surface area contributed by atoms with Crippen LogP contribution in [0.3, 0.4) is 0 Å². The van der Waals surface area contributed by atoms with Crippen LogP contribution in [0.4, 0.5) is 5.69 Å². The lowest BCUT2D eigenvalue weighted by Gasteiger charge is -2.25. The van der Waals surface area contributed by atoms with Crippen LogP contribution < -0.4 is 0 Å². The van der Waals surface area contributed by atoms with Gasteiger partial charge in [-0.05, 0) is 25.1 Å². The molecule has 0 unspecified atom stereocenters. The minimum Gasteiger partial charge on any atom is -0.468 e. The Morgan fingerprint density at radius 3 is 2.29 bits per heavy atom. The third-order valence-corrected chi connectivity index (χ3v) is 6.45. The van der Waals surface area contributed by atoms with Crippen LogP contribution >= 0.6 is 0 Å². The van der Waals surface area contributed by atoms with Crippen molar-refractivity contribution >= 4 is 33.5 Å². The molecule has 0 N–H and O–H groups in total. The molecule has 31 heavy (non-hydrogen) atoms. The lowest BCUT2D eigenvalue weighted by Crippen LogP contribution is -2.46. The molecular weight excluding hydrogens is 430 g/mol. The summed E-state index contributed by atoms with van der Waals surface area (Å²) in [7, 11) is -3.22. The highest BCUT2D eigenvalue weighted by Crippen LogP contribution is 2.28. The summed E-state index contributed by atoms with van der Waals surface area (Å²) in [6.45, 7) is 0.242. The number of carbonyl (C=O) groups excluding carboxylic acids is 3. The number of nitro benzene ring substituents is 1. The summed E-state index contributed by atoms with van der Waals surface area (Å²) >= 11 is 0. The second kappa shape index (κ2) is 8.24. The van der Waals surface area contributed by atoms with Crippen molar-refractivity contribution in [1.29, 1.82) is 0 Å². The lowest BCUT2D eigenvalue weighted by molar-refractivity contribution is -0.384. The second-order valence-electron chi connectivity index (χ2n) is 6.67. The Kier molecular flexibility index (Phi) is 5.86. The summed E-state index contributed by atoms with van der Waals surface area (Å²) in [5.74, 6) is -2.63. The van der Waals surface area contributed by atoms with Gasteiger partial charge in [0.25, 0.3) is 17.5 Å². The minimum absolute atomic E-state index is 0.0960. The molecule has 0 atom stereocenters. The molecule has 0 aliphatic carbocycles. The van der Waals surface area contributed by atoms with E-state index in [4.69, 9.17) is 0 Å². The van der Waals surface area contributed by atoms with E-state index in [9.17, 15) is 32.9 Å². The van der Waals surface area contributed by atoms with E-state index >= 15 is 0 Å². The van der Waals surface area contributed by atoms with E-state index in [2.05, 4.69) is 4.74 Å². The normalized spacial score (nSPS) is 13.5. The maximum absolute atomic E-state index is 13.1. The van der Waals surface area contributed by atoms with Crippen LogP contribution in [0.1, 0.15) is 26.3 Å². The van der Waals surface area contributed by atoms with Gasteiger partial charge in [-0.2, -0.15) is 4.31 Å². The van der Waals surface area contributed by atoms with Crippen molar-refractivity contribution in [3.8, 4) is 0 Å². The quantitative estimate of drug-likeness (QED) is 0.267. The number of carbonyl (C=O) groups is 3. The molecule has 0 saturated heterocycles. The van der Waals surface area contributed by atoms with Crippen LogP contribution in [0.5, 0.6) is 0 Å². The average molecular weight is 447 g/mol. The molecule has 1 aliphatic heterocycles. The zero-order valence-electron chi connectivity index (χ0n) is 16.5. The van der Waals surface area contributed by atoms with Crippen molar-refractivity contribution in [1.82, 2.24) is 9.21 Å². The smallest absolute Gasteiger partial charge is 0.321 e. The van der Waals surface area contributed by atoms with Crippen LogP contribution in [0.25, 0.3) is 0 Å². The summed E-state index contributed by atoms with van der Waals surface area (Å²) < 4.78 is 31.4. The summed E-state index contributed by atoms with van der Waals surface area (Å²) in [6, 6.07) is 8.94. The van der Waals surface area contributed by atoms with Gasteiger partial charge in [0.05, 0.1) is 34.7 Å². The van der Waals surface area contributed by atoms with Gasteiger partial charge in [-0.15, -0.1) is 0 Å². The fourth-order valence-corrected chi connectivity index (χ4v) is 4.28. The Labute approximate surface area is 177 Å². The molecule has 2 aromatic carbocycles. The van der Waals surface area contributed by atoms with Gasteiger partial charge >= 0.3 is 5.97 Å². The van der Waals surface area contributed by atoms with E-state index in [1.807, 2.05) is 0 Å². The van der Waals surface area contributed by atoms with Crippen LogP contribution in [-0.4, -0.2) is 60.7 Å². The van der Waals surface area contributed by atoms with E-state index in [1.54, 1.807) is 19.1 Å². The number of nitrogens with zero attached hydrogens (tertiary/aromatic N) is 3. The molecule has 2 aromatic rings. The fourth-order valence-electron chi connectivity index (χ4n) is 2.96. The zero-order valence-corrected chi connectivity index (χ0v) is 17.3. The molecular formula is C19H17N3O8S. The van der Waals surface area contributed by atoms with E-state index < -0.39 is 45.9 Å². The predicted molar refractivity (Wildman–Crippen MR) is 106 cm³/mol. The number of sulfonamides is 1. The van der Waals surface area contributed by atoms with Crippen LogP contribution in [0.2, 0.25) is 0 Å². The average Bonchev–Trinajstić information content (AvgIpc) is 2.97. The highest BCUT2D eigenvalue weighted by molar-refractivity contribution is 7.89. The van der Waals surface area contributed by atoms with Crippen molar-refractivity contribution < 1.29 is 32.5 Å². The first kappa shape index (κ1) is 22.1. The van der Waals surface area contributed by atoms with Crippen molar-refractivity contribution in [2.24, 2.45) is 0 Å². The minimum atomic E-state index is -4.29. The van der Waals surface area contributed by atoms with Gasteiger partial charge in [-0.3, -0.25) is 29.4 Å². The van der Waals surface area contributed by atoms with Crippen molar-refractivity contribution in [2.75, 3.05) is 20.3 Å². The number of hydrogen-bond donors (Lipinski definition) is 0. The molecule has 0 spiro atoms. The lowest BCUT2D eigenvalue weighted by atomic mass is 10.1. The first-order valence-corrected chi connectivity index (χ1v) is 10.3. The number of aryl methyl sites for hydroxylation is 1. The van der Waals surface area contributed by atoms with E-state index in [1.165, 1.54) is 12.1 Å². The number of non-ortho nitro benzene ring substituents is 1. The van der Waals surface area contributed by atoms with E-state index in [0.717, 1.165) is 30.9 Å². The van der Waals surface area contributed by atoms with Gasteiger partial charge in [0.1, 0.15) is 6.54 Å². The second-order valence-corrected chi connectivity index (χ2v) is 8.61. The van der Waals surface area contributed by atoms with Crippen molar-refractivity contribution in [2.45, 2.75) is 11.8 Å². The number of nitro groups is 1. The molecule has 11 nitrogen and oxygen atoms in total. The zero-order chi connectivity index (χ0) is 22.9. The first-order valence-electron chi connectivity index (χ1n) is 8.84. The summed E-state index contributed by atoms with van der Waals surface area (Å²) in [5, 5.41) is 11.0. The number of imide groups is 1. The Hall–Kier alpha value is -3.64. The molecule has 0 bridgehead atoms. The highest BCUT2D eigenvalue weighted by Gasteiger charge is 2.40. The number of fused-ring (bicyclic) bond motifs is 1. The first-order chi connectivity index (χ1) is 14.6. The number of benzene rings is 2. The van der Waals surface area contributed by atoms with Gasteiger partial charge < -0.3 is 4.74 Å². The third kappa shape index (κ3) is 4.15. The van der Waals surface area contributed by atoms with Crippen molar-refractivity contribution in [3.05, 3.63) is 69.3 Å². The van der Waals surface area contributed by atoms with Crippen LogP contribution in [0.15, 0.2) is 47.4 Å². The molecule has 1 heterocycles. The monoisotopic (exact) mass is 447 g/mol. The molecule has 162 valence electrons. The van der Waals surface area contributed by atoms with E-state index in [0.29, 0.717) is 9.21 Å². The Morgan fingerprint density at radius 1 is 1.10 bits per heavy atom. The molecule has 0 fully saturated rings. The van der Waals surface area contributed by atoms with E-state index in [-0.39, 0.29) is 21.7 Å². The fraction of sp³-hybridized carbons (Fsp3) is 0.211. The third-order valence-electron chi connectivity index (χ3n) is 4.66. The Morgan fingerprint density at radius 2 is 1.71 bits per heavy atom. The van der Waals surface area contributed by atoms with Crippen LogP contribution in [-0.2, 0) is 19.6 Å². The topological polar surface area (TPSA) is 144 Å². The molecule has 2 amide bonds. The number of esters is 1. The largest absolute Gasteiger partial charge is 0.468 e. The highest BCUT2D eigenvalue weighted by atomic mass is 32.2. The van der Waals surface area contributed by atoms with Gasteiger partial charge in [0.15, 0.2) is 0 Å². The Bertz CT molecular complexity index is 1190. The van der Waals surface area contributed by atoms with Gasteiger partial charge in [-0.25, -0.2) is 8.42 Å². The van der Waals surface area contributed by atoms with Crippen molar-refractivity contribution in [3.63, 3.8) is 0 Å². The SMILES string of the molecule is COC(=O)CN(CN1C(=O)c2ccc([N+](=O)[O-])cc2C1=O)S(=O)(=O)c1ccc(C)cc1. The van der Waals surface area contributed by atoms with Gasteiger partial charge in [0, 0.05) is 12.1 Å². The van der Waals surface area contributed by atoms with Gasteiger partial charge in [-0.1, -0.05) is 17.7 Å². The Balaban J connectivity index is 1.97. The number of methoxy groups -OCH3 is 1. The molecule has 12 heteroatoms. The van der Waals surface area contributed by atoms with Gasteiger partial charge in [0.2, 0.25) is 10.0 Å². The predicted octanol–water partition coefficient (Wildman–Crippen LogP) is 1.32. The molecule has 3 rings (SSSR count). The molecule has 1 aliphatic rings. The maximum atomic E-state index is 13.1.